The lowest BCUT2D eigenvalue weighted by Crippen LogP contribution is -2.50. The first-order chi connectivity index (χ1) is 9.28. The first-order valence-corrected chi connectivity index (χ1v) is 7.83. The summed E-state index contributed by atoms with van der Waals surface area (Å²) in [7, 11) is 0. The van der Waals surface area contributed by atoms with Crippen molar-refractivity contribution in [2.45, 2.75) is 84.6 Å². The highest BCUT2D eigenvalue weighted by Gasteiger charge is 2.28. The van der Waals surface area contributed by atoms with E-state index < -0.39 is 12.7 Å². The number of halogens is 3. The Hall–Kier alpha value is -0.290. The van der Waals surface area contributed by atoms with Crippen molar-refractivity contribution in [1.29, 1.82) is 0 Å². The predicted octanol–water partition coefficient (Wildman–Crippen LogP) is 4.56. The lowest BCUT2D eigenvalue weighted by Gasteiger charge is -2.33. The van der Waals surface area contributed by atoms with Crippen molar-refractivity contribution in [3.05, 3.63) is 0 Å². The summed E-state index contributed by atoms with van der Waals surface area (Å²) in [6.07, 6.45) is 2.83. The van der Waals surface area contributed by atoms with Gasteiger partial charge in [-0.1, -0.05) is 39.0 Å². The third kappa shape index (κ3) is 10.5. The van der Waals surface area contributed by atoms with E-state index in [9.17, 15) is 13.2 Å². The van der Waals surface area contributed by atoms with Crippen LogP contribution in [0.4, 0.5) is 13.2 Å². The van der Waals surface area contributed by atoms with Crippen LogP contribution < -0.4 is 5.32 Å². The second-order valence-electron chi connectivity index (χ2n) is 5.77. The summed E-state index contributed by atoms with van der Waals surface area (Å²) in [5.74, 6) is 0. The van der Waals surface area contributed by atoms with Crippen LogP contribution in [0.2, 0.25) is 0 Å². The van der Waals surface area contributed by atoms with Gasteiger partial charge in [-0.3, -0.25) is 10.2 Å². The Morgan fingerprint density at radius 3 is 2.00 bits per heavy atom. The van der Waals surface area contributed by atoms with Gasteiger partial charge in [0.2, 0.25) is 0 Å². The van der Waals surface area contributed by atoms with Gasteiger partial charge < -0.3 is 0 Å². The first kappa shape index (κ1) is 19.7. The van der Waals surface area contributed by atoms with Crippen molar-refractivity contribution in [1.82, 2.24) is 10.2 Å². The maximum atomic E-state index is 12.2. The lowest BCUT2D eigenvalue weighted by molar-refractivity contribution is -0.129. The summed E-state index contributed by atoms with van der Waals surface area (Å²) in [5, 5.41) is 2.57. The van der Waals surface area contributed by atoms with E-state index >= 15 is 0 Å². The molecular formula is C15H31F3N2. The van der Waals surface area contributed by atoms with Crippen molar-refractivity contribution in [2.24, 2.45) is 0 Å². The third-order valence-electron chi connectivity index (χ3n) is 3.53. The van der Waals surface area contributed by atoms with Gasteiger partial charge in [0.1, 0.15) is 0 Å². The van der Waals surface area contributed by atoms with Crippen molar-refractivity contribution in [3.8, 4) is 0 Å². The average molecular weight is 296 g/mol. The molecule has 1 atom stereocenters. The van der Waals surface area contributed by atoms with E-state index in [2.05, 4.69) is 17.1 Å². The van der Waals surface area contributed by atoms with Crippen molar-refractivity contribution >= 4 is 0 Å². The molecule has 0 spiro atoms. The summed E-state index contributed by atoms with van der Waals surface area (Å²) in [5.41, 5.74) is 0. The van der Waals surface area contributed by atoms with Gasteiger partial charge in [0.05, 0.1) is 12.7 Å². The molecular weight excluding hydrogens is 265 g/mol. The molecule has 0 aromatic heterocycles. The van der Waals surface area contributed by atoms with Crippen LogP contribution in [0.3, 0.4) is 0 Å². The maximum absolute atomic E-state index is 12.2. The highest BCUT2D eigenvalue weighted by atomic mass is 19.4. The van der Waals surface area contributed by atoms with Crippen molar-refractivity contribution in [3.63, 3.8) is 0 Å². The Morgan fingerprint density at radius 1 is 0.950 bits per heavy atom. The van der Waals surface area contributed by atoms with Gasteiger partial charge in [0, 0.05) is 6.04 Å². The van der Waals surface area contributed by atoms with Gasteiger partial charge in [0.25, 0.3) is 0 Å². The molecule has 0 bridgehead atoms. The van der Waals surface area contributed by atoms with E-state index in [0.29, 0.717) is 0 Å². The molecule has 0 aliphatic heterocycles. The second kappa shape index (κ2) is 10.4. The summed E-state index contributed by atoms with van der Waals surface area (Å²) in [6, 6.07) is 0.251. The standard InChI is InChI=1S/C15H31F3N2/c1-5-6-7-8-9-10-11-20(13(2)3)14(4)19-12-15(16,17)18/h13-14,19H,5-12H2,1-4H3. The fourth-order valence-corrected chi connectivity index (χ4v) is 2.35. The highest BCUT2D eigenvalue weighted by Crippen LogP contribution is 2.14. The molecule has 0 aromatic rings. The van der Waals surface area contributed by atoms with Crippen LogP contribution in [0.25, 0.3) is 0 Å². The minimum atomic E-state index is -4.14. The smallest absolute Gasteiger partial charge is 0.294 e. The van der Waals surface area contributed by atoms with Crippen LogP contribution in [0.5, 0.6) is 0 Å². The number of rotatable bonds is 11. The lowest BCUT2D eigenvalue weighted by atomic mass is 10.1. The molecule has 0 fully saturated rings. The average Bonchev–Trinajstić information content (AvgIpc) is 2.34. The molecule has 20 heavy (non-hydrogen) atoms. The zero-order valence-electron chi connectivity index (χ0n) is 13.4. The Labute approximate surface area is 122 Å². The monoisotopic (exact) mass is 296 g/mol. The fraction of sp³-hybridized carbons (Fsp3) is 1.00. The van der Waals surface area contributed by atoms with E-state index in [1.165, 1.54) is 25.7 Å². The zero-order chi connectivity index (χ0) is 15.6. The molecule has 0 aliphatic carbocycles. The molecule has 0 amide bonds. The van der Waals surface area contributed by atoms with Gasteiger partial charge in [-0.15, -0.1) is 0 Å². The Balaban J connectivity index is 3.96. The fourth-order valence-electron chi connectivity index (χ4n) is 2.35. The van der Waals surface area contributed by atoms with Crippen LogP contribution >= 0.6 is 0 Å². The molecule has 0 rings (SSSR count). The largest absolute Gasteiger partial charge is 0.401 e. The SMILES string of the molecule is CCCCCCCCN(C(C)C)C(C)NCC(F)(F)F. The molecule has 0 heterocycles. The third-order valence-corrected chi connectivity index (χ3v) is 3.53. The summed E-state index contributed by atoms with van der Waals surface area (Å²) in [6.45, 7) is 7.99. The first-order valence-electron chi connectivity index (χ1n) is 7.83. The molecule has 0 aromatic carbocycles. The minimum Gasteiger partial charge on any atom is -0.294 e. The number of unbranched alkanes of at least 4 members (excludes halogenated alkanes) is 5. The number of nitrogens with zero attached hydrogens (tertiary/aromatic N) is 1. The van der Waals surface area contributed by atoms with E-state index in [1.54, 1.807) is 0 Å². The Kier molecular flexibility index (Phi) is 10.3. The second-order valence-corrected chi connectivity index (χ2v) is 5.77. The van der Waals surface area contributed by atoms with E-state index in [4.69, 9.17) is 0 Å². The molecule has 0 radical (unpaired) electrons. The van der Waals surface area contributed by atoms with Gasteiger partial charge in [0.15, 0.2) is 0 Å². The molecule has 0 aliphatic rings. The summed E-state index contributed by atoms with van der Waals surface area (Å²) in [4.78, 5) is 2.10. The number of nitrogens with one attached hydrogen (secondary N) is 1. The summed E-state index contributed by atoms with van der Waals surface area (Å²) < 4.78 is 36.7. The highest BCUT2D eigenvalue weighted by molar-refractivity contribution is 4.71. The molecule has 1 N–H and O–H groups in total. The molecule has 122 valence electrons. The van der Waals surface area contributed by atoms with Crippen molar-refractivity contribution < 1.29 is 13.2 Å². The molecule has 0 saturated heterocycles. The van der Waals surface area contributed by atoms with Crippen LogP contribution in [0.1, 0.15) is 66.2 Å². The van der Waals surface area contributed by atoms with Gasteiger partial charge in [-0.25, -0.2) is 0 Å². The number of hydrogen-bond donors (Lipinski definition) is 1. The molecule has 0 saturated carbocycles. The molecule has 1 unspecified atom stereocenters. The zero-order valence-corrected chi connectivity index (χ0v) is 13.4. The quantitative estimate of drug-likeness (QED) is 0.444. The van der Waals surface area contributed by atoms with Crippen LogP contribution in [-0.2, 0) is 0 Å². The molecule has 5 heteroatoms. The van der Waals surface area contributed by atoms with E-state index in [1.807, 2.05) is 20.8 Å². The Bertz CT molecular complexity index is 230. The maximum Gasteiger partial charge on any atom is 0.401 e. The number of hydrogen-bond acceptors (Lipinski definition) is 2. The van der Waals surface area contributed by atoms with Gasteiger partial charge >= 0.3 is 6.18 Å². The van der Waals surface area contributed by atoms with Crippen LogP contribution in [0, 0.1) is 0 Å². The van der Waals surface area contributed by atoms with Crippen LogP contribution in [0.15, 0.2) is 0 Å². The van der Waals surface area contributed by atoms with Gasteiger partial charge in [-0.2, -0.15) is 13.2 Å². The minimum absolute atomic E-state index is 0.243. The van der Waals surface area contributed by atoms with Crippen LogP contribution in [-0.4, -0.2) is 36.4 Å². The van der Waals surface area contributed by atoms with Crippen molar-refractivity contribution in [2.75, 3.05) is 13.1 Å². The summed E-state index contributed by atoms with van der Waals surface area (Å²) >= 11 is 0. The van der Waals surface area contributed by atoms with E-state index in [0.717, 1.165) is 19.4 Å². The Morgan fingerprint density at radius 2 is 1.50 bits per heavy atom. The normalized spacial score (nSPS) is 14.2. The van der Waals surface area contributed by atoms with E-state index in [-0.39, 0.29) is 12.2 Å². The van der Waals surface area contributed by atoms with Gasteiger partial charge in [-0.05, 0) is 33.7 Å². The molecule has 2 nitrogen and oxygen atoms in total. The topological polar surface area (TPSA) is 15.3 Å². The number of alkyl halides is 3. The predicted molar refractivity (Wildman–Crippen MR) is 78.7 cm³/mol.